The zero-order chi connectivity index (χ0) is 13.8. The molecule has 2 aromatic rings. The molecular formula is C11H14N6OS. The topological polar surface area (TPSA) is 98.7 Å². The number of nitrogens with zero attached hydrogens (tertiary/aromatic N) is 4. The van der Waals surface area contributed by atoms with Gasteiger partial charge in [0.2, 0.25) is 0 Å². The number of nitrogens with two attached hydrogens (primary N) is 1. The summed E-state index contributed by atoms with van der Waals surface area (Å²) in [7, 11) is 0. The van der Waals surface area contributed by atoms with Gasteiger partial charge in [-0.15, -0.1) is 0 Å². The number of carbonyl (C=O) groups is 1. The first-order valence-corrected chi connectivity index (χ1v) is 6.89. The van der Waals surface area contributed by atoms with E-state index < -0.39 is 5.91 Å². The van der Waals surface area contributed by atoms with E-state index in [1.807, 2.05) is 13.2 Å². The van der Waals surface area contributed by atoms with Crippen LogP contribution in [-0.4, -0.2) is 38.5 Å². The van der Waals surface area contributed by atoms with Gasteiger partial charge in [-0.2, -0.15) is 5.10 Å². The first kappa shape index (κ1) is 13.3. The molecule has 0 unspecified atom stereocenters. The highest BCUT2D eigenvalue weighted by Crippen LogP contribution is 2.16. The highest BCUT2D eigenvalue weighted by atomic mass is 32.2. The van der Waals surface area contributed by atoms with E-state index in [0.717, 1.165) is 6.54 Å². The van der Waals surface area contributed by atoms with Crippen molar-refractivity contribution in [3.63, 3.8) is 0 Å². The Kier molecular flexibility index (Phi) is 4.00. The molecule has 0 aromatic carbocycles. The largest absolute Gasteiger partial charge is 0.370 e. The van der Waals surface area contributed by atoms with E-state index in [1.165, 1.54) is 16.4 Å². The van der Waals surface area contributed by atoms with Crippen LogP contribution in [0.4, 0.5) is 5.82 Å². The second-order valence-corrected chi connectivity index (χ2v) is 4.41. The van der Waals surface area contributed by atoms with Gasteiger partial charge in [-0.3, -0.25) is 4.79 Å². The molecule has 0 aliphatic rings. The molecule has 19 heavy (non-hydrogen) atoms. The fraction of sp³-hybridized carbons (Fsp3) is 0.273. The normalized spacial score (nSPS) is 10.4. The van der Waals surface area contributed by atoms with Crippen molar-refractivity contribution < 1.29 is 4.79 Å². The molecule has 0 atom stereocenters. The van der Waals surface area contributed by atoms with Crippen molar-refractivity contribution >= 4 is 23.5 Å². The van der Waals surface area contributed by atoms with Crippen molar-refractivity contribution in [1.29, 1.82) is 0 Å². The first-order valence-electron chi connectivity index (χ1n) is 5.67. The number of aromatic nitrogens is 4. The number of rotatable bonds is 5. The van der Waals surface area contributed by atoms with Crippen molar-refractivity contribution in [2.24, 2.45) is 5.73 Å². The van der Waals surface area contributed by atoms with Crippen molar-refractivity contribution in [1.82, 2.24) is 19.7 Å². The van der Waals surface area contributed by atoms with Gasteiger partial charge in [0.15, 0.2) is 11.0 Å². The summed E-state index contributed by atoms with van der Waals surface area (Å²) in [6.45, 7) is 2.75. The number of primary amides is 1. The number of carbonyl (C=O) groups excluding carboxylic acids is 1. The smallest absolute Gasteiger partial charge is 0.269 e. The SMILES string of the molecule is CCNc1cc(-n2ccc(C(N)=O)n2)nc(SC)n1. The number of hydrogen-bond donors (Lipinski definition) is 2. The molecule has 1 amide bonds. The molecular weight excluding hydrogens is 264 g/mol. The van der Waals surface area contributed by atoms with Gasteiger partial charge in [-0.1, -0.05) is 11.8 Å². The zero-order valence-corrected chi connectivity index (χ0v) is 11.4. The Morgan fingerprint density at radius 2 is 2.32 bits per heavy atom. The summed E-state index contributed by atoms with van der Waals surface area (Å²) < 4.78 is 1.50. The van der Waals surface area contributed by atoms with Gasteiger partial charge in [0.25, 0.3) is 5.91 Å². The minimum absolute atomic E-state index is 0.203. The number of amides is 1. The van der Waals surface area contributed by atoms with Crippen LogP contribution in [0.15, 0.2) is 23.5 Å². The van der Waals surface area contributed by atoms with Gasteiger partial charge in [-0.25, -0.2) is 14.6 Å². The highest BCUT2D eigenvalue weighted by Gasteiger charge is 2.09. The lowest BCUT2D eigenvalue weighted by Gasteiger charge is -2.07. The molecule has 2 aromatic heterocycles. The van der Waals surface area contributed by atoms with E-state index in [4.69, 9.17) is 5.73 Å². The van der Waals surface area contributed by atoms with Gasteiger partial charge in [-0.05, 0) is 19.2 Å². The summed E-state index contributed by atoms with van der Waals surface area (Å²) in [6.07, 6.45) is 3.54. The van der Waals surface area contributed by atoms with E-state index in [9.17, 15) is 4.79 Å². The summed E-state index contributed by atoms with van der Waals surface area (Å²) >= 11 is 1.44. The second kappa shape index (κ2) is 5.70. The lowest BCUT2D eigenvalue weighted by molar-refractivity contribution is 0.0995. The molecule has 0 bridgehead atoms. The van der Waals surface area contributed by atoms with Crippen LogP contribution in [0.2, 0.25) is 0 Å². The van der Waals surface area contributed by atoms with E-state index >= 15 is 0 Å². The second-order valence-electron chi connectivity index (χ2n) is 3.64. The Bertz CT molecular complexity index is 597. The van der Waals surface area contributed by atoms with Crippen LogP contribution in [0.5, 0.6) is 0 Å². The van der Waals surface area contributed by atoms with Crippen LogP contribution in [-0.2, 0) is 0 Å². The maximum Gasteiger partial charge on any atom is 0.269 e. The maximum atomic E-state index is 11.0. The lowest BCUT2D eigenvalue weighted by atomic mass is 10.4. The molecule has 0 aliphatic heterocycles. The Hall–Kier alpha value is -2.09. The minimum atomic E-state index is -0.565. The van der Waals surface area contributed by atoms with Gasteiger partial charge in [0.05, 0.1) is 0 Å². The molecule has 0 spiro atoms. The predicted molar refractivity (Wildman–Crippen MR) is 73.6 cm³/mol. The minimum Gasteiger partial charge on any atom is -0.370 e. The fourth-order valence-electron chi connectivity index (χ4n) is 1.48. The monoisotopic (exact) mass is 278 g/mol. The van der Waals surface area contributed by atoms with E-state index in [0.29, 0.717) is 16.8 Å². The van der Waals surface area contributed by atoms with E-state index in [2.05, 4.69) is 20.4 Å². The van der Waals surface area contributed by atoms with Crippen LogP contribution in [0, 0.1) is 0 Å². The average Bonchev–Trinajstić information content (AvgIpc) is 2.88. The summed E-state index contributed by atoms with van der Waals surface area (Å²) in [5.74, 6) is 0.737. The molecule has 8 heteroatoms. The molecule has 0 aliphatic carbocycles. The Morgan fingerprint density at radius 3 is 2.89 bits per heavy atom. The summed E-state index contributed by atoms with van der Waals surface area (Å²) in [6, 6.07) is 3.32. The van der Waals surface area contributed by atoms with Crippen molar-refractivity contribution in [2.75, 3.05) is 18.1 Å². The third-order valence-corrected chi connectivity index (χ3v) is 2.86. The Labute approximate surface area is 114 Å². The third-order valence-electron chi connectivity index (χ3n) is 2.31. The Balaban J connectivity index is 2.41. The first-order chi connectivity index (χ1) is 9.13. The summed E-state index contributed by atoms with van der Waals surface area (Å²) in [4.78, 5) is 19.7. The summed E-state index contributed by atoms with van der Waals surface area (Å²) in [5, 5.41) is 7.83. The summed E-state index contributed by atoms with van der Waals surface area (Å²) in [5.41, 5.74) is 5.38. The number of thioether (sulfide) groups is 1. The van der Waals surface area contributed by atoms with Crippen LogP contribution in [0.25, 0.3) is 5.82 Å². The van der Waals surface area contributed by atoms with Crippen LogP contribution in [0.1, 0.15) is 17.4 Å². The Morgan fingerprint density at radius 1 is 1.53 bits per heavy atom. The number of nitrogens with one attached hydrogen (secondary N) is 1. The number of hydrogen-bond acceptors (Lipinski definition) is 6. The third kappa shape index (κ3) is 3.02. The quantitative estimate of drug-likeness (QED) is 0.623. The van der Waals surface area contributed by atoms with Crippen molar-refractivity contribution in [3.8, 4) is 5.82 Å². The van der Waals surface area contributed by atoms with Crippen LogP contribution in [0.3, 0.4) is 0 Å². The van der Waals surface area contributed by atoms with Gasteiger partial charge >= 0.3 is 0 Å². The molecule has 0 radical (unpaired) electrons. The molecule has 100 valence electrons. The van der Waals surface area contributed by atoms with Gasteiger partial charge in [0.1, 0.15) is 11.5 Å². The van der Waals surface area contributed by atoms with Gasteiger partial charge < -0.3 is 11.1 Å². The molecule has 2 heterocycles. The molecule has 3 N–H and O–H groups in total. The molecule has 0 saturated heterocycles. The standard InChI is InChI=1S/C11H14N6OS/c1-3-13-8-6-9(15-11(14-8)19-2)17-5-4-7(16-17)10(12)18/h4-6H,3H2,1-2H3,(H2,12,18)(H,13,14,15). The molecule has 0 saturated carbocycles. The van der Waals surface area contributed by atoms with Crippen molar-refractivity contribution in [2.45, 2.75) is 12.1 Å². The average molecular weight is 278 g/mol. The fourth-order valence-corrected chi connectivity index (χ4v) is 1.85. The maximum absolute atomic E-state index is 11.0. The predicted octanol–water partition coefficient (Wildman–Crippen LogP) is 0.915. The van der Waals surface area contributed by atoms with Crippen LogP contribution >= 0.6 is 11.8 Å². The van der Waals surface area contributed by atoms with E-state index in [1.54, 1.807) is 18.3 Å². The van der Waals surface area contributed by atoms with Crippen LogP contribution < -0.4 is 11.1 Å². The number of anilines is 1. The molecule has 2 rings (SSSR count). The lowest BCUT2D eigenvalue weighted by Crippen LogP contribution is -2.12. The van der Waals surface area contributed by atoms with Crippen molar-refractivity contribution in [3.05, 3.63) is 24.0 Å². The van der Waals surface area contributed by atoms with Gasteiger partial charge in [0, 0.05) is 18.8 Å². The molecule has 7 nitrogen and oxygen atoms in total. The zero-order valence-electron chi connectivity index (χ0n) is 10.6. The highest BCUT2D eigenvalue weighted by molar-refractivity contribution is 7.98. The van der Waals surface area contributed by atoms with E-state index in [-0.39, 0.29) is 5.69 Å². The molecule has 0 fully saturated rings.